The predicted octanol–water partition coefficient (Wildman–Crippen LogP) is 7.62. The average Bonchev–Trinajstić information content (AvgIpc) is 3.09. The normalized spacial score (nSPS) is 17.6. The summed E-state index contributed by atoms with van der Waals surface area (Å²) in [6, 6.07) is 12.8. The Kier molecular flexibility index (Phi) is 9.28. The zero-order valence-corrected chi connectivity index (χ0v) is 30.8. The highest BCUT2D eigenvalue weighted by Gasteiger charge is 2.46. The molecule has 0 N–H and O–H groups in total. The second-order valence-electron chi connectivity index (χ2n) is 14.3. The van der Waals surface area contributed by atoms with Crippen LogP contribution in [-0.4, -0.2) is 67.0 Å². The summed E-state index contributed by atoms with van der Waals surface area (Å²) in [5.41, 5.74) is 8.13. The smallest absolute Gasteiger partial charge is 0.251 e. The van der Waals surface area contributed by atoms with Gasteiger partial charge < -0.3 is 14.7 Å². The highest BCUT2D eigenvalue weighted by molar-refractivity contribution is 6.90. The summed E-state index contributed by atoms with van der Waals surface area (Å²) >= 11 is 0. The number of halogens is 1. The number of benzene rings is 2. The zero-order valence-electron chi connectivity index (χ0n) is 29.8. The number of hydrogen-bond acceptors (Lipinski definition) is 6. The van der Waals surface area contributed by atoms with Gasteiger partial charge in [0.05, 0.1) is 42.6 Å². The molecule has 2 aliphatic heterocycles. The minimum absolute atomic E-state index is 0.0728. The Bertz CT molecular complexity index is 2120. The minimum Gasteiger partial charge on any atom is -0.354 e. The summed E-state index contributed by atoms with van der Waals surface area (Å²) in [6.45, 7) is 17.6. The van der Waals surface area contributed by atoms with Crippen LogP contribution in [0.5, 0.6) is 0 Å². The molecular formula is C40H43FN6O2Si. The molecule has 4 heterocycles. The van der Waals surface area contributed by atoms with Gasteiger partial charge in [0.2, 0.25) is 5.91 Å². The van der Waals surface area contributed by atoms with Crippen LogP contribution in [0, 0.1) is 28.6 Å². The van der Waals surface area contributed by atoms with Crippen LogP contribution in [0.3, 0.4) is 0 Å². The molecule has 1 saturated heterocycles. The molecule has 0 bridgehead atoms. The summed E-state index contributed by atoms with van der Waals surface area (Å²) in [7, 11) is -0.390. The van der Waals surface area contributed by atoms with Gasteiger partial charge in [0.15, 0.2) is 5.82 Å². The highest BCUT2D eigenvalue weighted by atomic mass is 28.3. The molecule has 256 valence electrons. The number of carbonyl (C=O) groups excluding carboxylic acids is 2. The van der Waals surface area contributed by atoms with Gasteiger partial charge in [0.1, 0.15) is 25.3 Å². The van der Waals surface area contributed by atoms with Crippen molar-refractivity contribution in [2.75, 3.05) is 29.9 Å². The number of nitriles is 1. The predicted molar refractivity (Wildman–Crippen MR) is 201 cm³/mol. The van der Waals surface area contributed by atoms with Crippen LogP contribution in [0.15, 0.2) is 61.4 Å². The summed E-state index contributed by atoms with van der Waals surface area (Å²) in [5, 5.41) is 11.8. The van der Waals surface area contributed by atoms with Crippen molar-refractivity contribution in [3.63, 3.8) is 0 Å². The number of rotatable bonds is 6. The van der Waals surface area contributed by atoms with Crippen molar-refractivity contribution < 1.29 is 14.0 Å². The number of anilines is 2. The number of likely N-dealkylation sites (N-methyl/N-ethyl adjacent to an activating group) is 1. The van der Waals surface area contributed by atoms with Gasteiger partial charge in [0.25, 0.3) is 5.91 Å². The molecule has 4 aromatic rings. The summed E-state index contributed by atoms with van der Waals surface area (Å²) in [5.74, 6) is 2.47. The van der Waals surface area contributed by atoms with Gasteiger partial charge in [-0.25, -0.2) is 4.39 Å². The van der Waals surface area contributed by atoms with Crippen molar-refractivity contribution >= 4 is 52.9 Å². The maximum Gasteiger partial charge on any atom is 0.251 e. The van der Waals surface area contributed by atoms with Crippen LogP contribution < -0.4 is 9.80 Å². The molecule has 6 rings (SSSR count). The molecule has 0 radical (unpaired) electrons. The number of hydrogen-bond donors (Lipinski definition) is 0. The molecule has 1 fully saturated rings. The molecule has 2 amide bonds. The number of aromatic nitrogens is 2. The lowest BCUT2D eigenvalue weighted by atomic mass is 9.95. The minimum atomic E-state index is -2.04. The molecule has 2 unspecified atom stereocenters. The first kappa shape index (κ1) is 34.8. The molecule has 50 heavy (non-hydrogen) atoms. The van der Waals surface area contributed by atoms with E-state index < -0.39 is 26.0 Å². The van der Waals surface area contributed by atoms with E-state index in [2.05, 4.69) is 70.6 Å². The molecule has 2 atom stereocenters. The van der Waals surface area contributed by atoms with E-state index >= 15 is 4.39 Å². The van der Waals surface area contributed by atoms with Gasteiger partial charge in [0, 0.05) is 41.7 Å². The van der Waals surface area contributed by atoms with Crippen LogP contribution in [0.4, 0.5) is 15.8 Å². The van der Waals surface area contributed by atoms with Gasteiger partial charge in [-0.1, -0.05) is 84.4 Å². The van der Waals surface area contributed by atoms with Crippen molar-refractivity contribution in [2.45, 2.75) is 76.7 Å². The lowest BCUT2D eigenvalue weighted by molar-refractivity contribution is -0.131. The van der Waals surface area contributed by atoms with Crippen molar-refractivity contribution in [1.82, 2.24) is 14.9 Å². The van der Waals surface area contributed by atoms with Crippen LogP contribution in [0.2, 0.25) is 16.6 Å². The van der Waals surface area contributed by atoms with Crippen molar-refractivity contribution in [2.24, 2.45) is 0 Å². The molecule has 0 spiro atoms. The van der Waals surface area contributed by atoms with Gasteiger partial charge in [-0.05, 0) is 34.2 Å². The first-order valence-electron chi connectivity index (χ1n) is 17.2. The Balaban J connectivity index is 1.52. The van der Waals surface area contributed by atoms with Gasteiger partial charge in [-0.15, -0.1) is 5.54 Å². The zero-order chi connectivity index (χ0) is 36.1. The number of piperazine rings is 1. The maximum atomic E-state index is 16.9. The Hall–Kier alpha value is -5.06. The van der Waals surface area contributed by atoms with Crippen LogP contribution in [0.25, 0.3) is 32.9 Å². The van der Waals surface area contributed by atoms with E-state index in [1.165, 1.54) is 22.1 Å². The molecule has 2 aromatic heterocycles. The van der Waals surface area contributed by atoms with E-state index in [4.69, 9.17) is 4.98 Å². The molecule has 2 aromatic carbocycles. The first-order chi connectivity index (χ1) is 23.9. The molecule has 2 aliphatic rings. The lowest BCUT2D eigenvalue weighted by Crippen LogP contribution is -2.66. The van der Waals surface area contributed by atoms with Crippen molar-refractivity contribution in [1.29, 1.82) is 5.26 Å². The van der Waals surface area contributed by atoms with Crippen LogP contribution in [0.1, 0.15) is 53.5 Å². The van der Waals surface area contributed by atoms with E-state index in [1.807, 2.05) is 41.3 Å². The molecule has 0 aliphatic carbocycles. The Morgan fingerprint density at radius 1 is 1.06 bits per heavy atom. The van der Waals surface area contributed by atoms with Crippen LogP contribution >= 0.6 is 0 Å². The second-order valence-corrected chi connectivity index (χ2v) is 19.9. The fourth-order valence-electron chi connectivity index (χ4n) is 8.44. The molecule has 8 nitrogen and oxygen atoms in total. The molecule has 0 saturated carbocycles. The van der Waals surface area contributed by atoms with E-state index in [9.17, 15) is 14.9 Å². The average molecular weight is 687 g/mol. The SMILES string of the molecule is C=CC(=O)N1CC2C(=O)N(C)c3cnc4c(F)c(-c5cccc6cccc(C#C[Si](C(C)C)(C(C)C)C(C)C)c56)ncc4c3N2CC1CC#N. The number of nitrogens with zero attached hydrogens (tertiary/aromatic N) is 6. The van der Waals surface area contributed by atoms with Gasteiger partial charge in [-0.2, -0.15) is 5.26 Å². The summed E-state index contributed by atoms with van der Waals surface area (Å²) in [6.07, 6.45) is 4.42. The third kappa shape index (κ3) is 5.43. The number of amides is 2. The summed E-state index contributed by atoms with van der Waals surface area (Å²) < 4.78 is 16.9. The molecule has 10 heteroatoms. The monoisotopic (exact) mass is 686 g/mol. The molecular weight excluding hydrogens is 644 g/mol. The maximum absolute atomic E-state index is 16.9. The van der Waals surface area contributed by atoms with Gasteiger partial charge in [-0.3, -0.25) is 19.6 Å². The third-order valence-corrected chi connectivity index (χ3v) is 17.2. The fourth-order valence-corrected chi connectivity index (χ4v) is 13.7. The largest absolute Gasteiger partial charge is 0.354 e. The fraction of sp³-hybridized carbons (Fsp3) is 0.375. The number of pyridine rings is 2. The number of carbonyl (C=O) groups is 2. The Morgan fingerprint density at radius 3 is 2.38 bits per heavy atom. The quantitative estimate of drug-likeness (QED) is 0.118. The third-order valence-electron chi connectivity index (χ3n) is 10.9. The van der Waals surface area contributed by atoms with Crippen molar-refractivity contribution in [3.8, 4) is 28.8 Å². The summed E-state index contributed by atoms with van der Waals surface area (Å²) in [4.78, 5) is 40.6. The van der Waals surface area contributed by atoms with E-state index in [-0.39, 0.29) is 42.5 Å². The van der Waals surface area contributed by atoms with E-state index in [0.717, 1.165) is 16.3 Å². The first-order valence-corrected chi connectivity index (χ1v) is 19.5. The highest BCUT2D eigenvalue weighted by Crippen LogP contribution is 2.45. The van der Waals surface area contributed by atoms with E-state index in [0.29, 0.717) is 38.9 Å². The second kappa shape index (κ2) is 13.3. The van der Waals surface area contributed by atoms with Gasteiger partial charge >= 0.3 is 0 Å². The van der Waals surface area contributed by atoms with E-state index in [1.54, 1.807) is 13.2 Å². The number of fused-ring (bicyclic) bond motifs is 6. The van der Waals surface area contributed by atoms with Crippen LogP contribution in [-0.2, 0) is 9.59 Å². The van der Waals surface area contributed by atoms with Crippen molar-refractivity contribution in [3.05, 3.63) is 72.8 Å². The Morgan fingerprint density at radius 2 is 1.74 bits per heavy atom. The Labute approximate surface area is 294 Å². The lowest BCUT2D eigenvalue weighted by Gasteiger charge is -2.50. The standard InChI is InChI=1S/C40H43FN6O2Si/c1-9-34(48)46-23-33-40(49)45(8)32-21-44-38-31(39(32)47(33)22-29(46)16-18-42)20-43-37(36(38)41)30-15-11-14-27-12-10-13-28(35(27)30)17-19-50(24(2)3,25(4)5)26(6)7/h9-15,20-21,24-26,29,33H,1,16,22-23H2,2-8H3. The topological polar surface area (TPSA) is 93.4 Å².